The second kappa shape index (κ2) is 5.43. The molecule has 120 valence electrons. The largest absolute Gasteiger partial charge is 0.279 e. The highest BCUT2D eigenvalue weighted by Gasteiger charge is 2.25. The van der Waals surface area contributed by atoms with Gasteiger partial charge in [-0.25, -0.2) is 17.8 Å². The molecule has 0 saturated heterocycles. The van der Waals surface area contributed by atoms with E-state index in [0.29, 0.717) is 10.7 Å². The molecule has 0 fully saturated rings. The van der Waals surface area contributed by atoms with E-state index in [1.165, 1.54) is 40.9 Å². The molecule has 3 rings (SSSR count). The van der Waals surface area contributed by atoms with Gasteiger partial charge >= 0.3 is 0 Å². The molecule has 0 radical (unpaired) electrons. The highest BCUT2D eigenvalue weighted by Crippen LogP contribution is 2.19. The molecule has 0 bridgehead atoms. The highest BCUT2D eigenvalue weighted by molar-refractivity contribution is 7.92. The smallest absolute Gasteiger partial charge is 0.279 e. The lowest BCUT2D eigenvalue weighted by Gasteiger charge is -2.10. The Bertz CT molecular complexity index is 1070. The van der Waals surface area contributed by atoms with E-state index >= 15 is 0 Å². The maximum Gasteiger partial charge on any atom is 0.279 e. The standard InChI is InChI=1S/C14H12FN3O3S2/c1-8-7-22-14-16-9(2)12(13(19)18(8)14)23(20,21)17-11-5-3-4-10(15)6-11/h3-7,17H,1-2H3. The van der Waals surface area contributed by atoms with Crippen LogP contribution in [0, 0.1) is 19.7 Å². The first kappa shape index (κ1) is 15.6. The van der Waals surface area contributed by atoms with Gasteiger partial charge in [-0.1, -0.05) is 6.07 Å². The van der Waals surface area contributed by atoms with E-state index in [1.807, 2.05) is 0 Å². The van der Waals surface area contributed by atoms with Crippen molar-refractivity contribution in [3.05, 3.63) is 57.2 Å². The Morgan fingerprint density at radius 3 is 2.74 bits per heavy atom. The lowest BCUT2D eigenvalue weighted by Crippen LogP contribution is -2.28. The fraction of sp³-hybridized carbons (Fsp3) is 0.143. The molecule has 0 spiro atoms. The van der Waals surface area contributed by atoms with Gasteiger partial charge in [0.05, 0.1) is 11.4 Å². The molecule has 0 aliphatic heterocycles. The van der Waals surface area contributed by atoms with Crippen molar-refractivity contribution in [3.63, 3.8) is 0 Å². The number of nitrogens with one attached hydrogen (secondary N) is 1. The van der Waals surface area contributed by atoms with Crippen LogP contribution in [0.3, 0.4) is 0 Å². The number of thiazole rings is 1. The molecule has 3 aromatic rings. The van der Waals surface area contributed by atoms with Gasteiger partial charge in [-0.3, -0.25) is 13.9 Å². The van der Waals surface area contributed by atoms with Crippen molar-refractivity contribution in [2.75, 3.05) is 4.72 Å². The summed E-state index contributed by atoms with van der Waals surface area (Å²) in [6.45, 7) is 3.15. The van der Waals surface area contributed by atoms with Crippen LogP contribution in [0.1, 0.15) is 11.4 Å². The Balaban J connectivity index is 2.18. The SMILES string of the molecule is Cc1nc2scc(C)n2c(=O)c1S(=O)(=O)Nc1cccc(F)c1. The molecule has 0 aliphatic carbocycles. The lowest BCUT2D eigenvalue weighted by molar-refractivity contribution is 0.598. The Morgan fingerprint density at radius 2 is 2.04 bits per heavy atom. The van der Waals surface area contributed by atoms with Crippen molar-refractivity contribution in [1.29, 1.82) is 0 Å². The molecule has 2 heterocycles. The van der Waals surface area contributed by atoms with Gasteiger partial charge in [0, 0.05) is 11.1 Å². The molecule has 0 aliphatic rings. The number of sulfonamides is 1. The summed E-state index contributed by atoms with van der Waals surface area (Å²) in [4.78, 5) is 16.7. The summed E-state index contributed by atoms with van der Waals surface area (Å²) >= 11 is 1.25. The zero-order valence-corrected chi connectivity index (χ0v) is 13.8. The molecule has 2 aromatic heterocycles. The van der Waals surface area contributed by atoms with Crippen molar-refractivity contribution in [2.45, 2.75) is 18.7 Å². The van der Waals surface area contributed by atoms with E-state index in [2.05, 4.69) is 9.71 Å². The van der Waals surface area contributed by atoms with Crippen LogP contribution in [0.4, 0.5) is 10.1 Å². The van der Waals surface area contributed by atoms with Gasteiger partial charge in [0.1, 0.15) is 5.82 Å². The average Bonchev–Trinajstić information content (AvgIpc) is 2.79. The number of benzene rings is 1. The molecule has 9 heteroatoms. The monoisotopic (exact) mass is 353 g/mol. The minimum Gasteiger partial charge on any atom is -0.279 e. The third-order valence-electron chi connectivity index (χ3n) is 3.21. The zero-order valence-electron chi connectivity index (χ0n) is 12.2. The third kappa shape index (κ3) is 2.73. The zero-order chi connectivity index (χ0) is 16.8. The number of rotatable bonds is 3. The molecular formula is C14H12FN3O3S2. The van der Waals surface area contributed by atoms with Crippen molar-refractivity contribution < 1.29 is 12.8 Å². The van der Waals surface area contributed by atoms with Crippen molar-refractivity contribution >= 4 is 32.0 Å². The van der Waals surface area contributed by atoms with E-state index in [4.69, 9.17) is 0 Å². The highest BCUT2D eigenvalue weighted by atomic mass is 32.2. The summed E-state index contributed by atoms with van der Waals surface area (Å²) in [6, 6.07) is 5.00. The minimum atomic E-state index is -4.19. The van der Waals surface area contributed by atoms with Gasteiger partial charge in [0.15, 0.2) is 9.86 Å². The maximum absolute atomic E-state index is 13.2. The third-order valence-corrected chi connectivity index (χ3v) is 5.67. The first-order valence-electron chi connectivity index (χ1n) is 6.55. The number of hydrogen-bond acceptors (Lipinski definition) is 5. The normalized spacial score (nSPS) is 11.8. The Kier molecular flexibility index (Phi) is 3.69. The summed E-state index contributed by atoms with van der Waals surface area (Å²) < 4.78 is 41.8. The average molecular weight is 353 g/mol. The number of aromatic nitrogens is 2. The Morgan fingerprint density at radius 1 is 1.30 bits per heavy atom. The minimum absolute atomic E-state index is 0.0379. The molecule has 23 heavy (non-hydrogen) atoms. The van der Waals surface area contributed by atoms with E-state index in [0.717, 1.165) is 6.07 Å². The maximum atomic E-state index is 13.2. The topological polar surface area (TPSA) is 80.5 Å². The fourth-order valence-corrected chi connectivity index (χ4v) is 4.43. The molecular weight excluding hydrogens is 341 g/mol. The lowest BCUT2D eigenvalue weighted by atomic mass is 10.3. The Hall–Kier alpha value is -2.26. The molecule has 0 saturated carbocycles. The van der Waals surface area contributed by atoms with Gasteiger partial charge in [0.25, 0.3) is 15.6 Å². The van der Waals surface area contributed by atoms with Crippen LogP contribution in [-0.4, -0.2) is 17.8 Å². The van der Waals surface area contributed by atoms with Crippen LogP contribution in [0.25, 0.3) is 4.96 Å². The van der Waals surface area contributed by atoms with E-state index in [9.17, 15) is 17.6 Å². The number of aryl methyl sites for hydroxylation is 2. The second-order valence-electron chi connectivity index (χ2n) is 4.94. The van der Waals surface area contributed by atoms with Crippen LogP contribution in [-0.2, 0) is 10.0 Å². The molecule has 1 N–H and O–H groups in total. The first-order valence-corrected chi connectivity index (χ1v) is 8.92. The van der Waals surface area contributed by atoms with Gasteiger partial charge in [-0.15, -0.1) is 11.3 Å². The van der Waals surface area contributed by atoms with E-state index in [1.54, 1.807) is 12.3 Å². The number of halogens is 1. The number of nitrogens with zero attached hydrogens (tertiary/aromatic N) is 2. The number of fused-ring (bicyclic) bond motifs is 1. The van der Waals surface area contributed by atoms with Crippen LogP contribution < -0.4 is 10.3 Å². The first-order chi connectivity index (χ1) is 10.8. The number of hydrogen-bond donors (Lipinski definition) is 1. The molecule has 0 amide bonds. The van der Waals surface area contributed by atoms with Crippen molar-refractivity contribution in [1.82, 2.24) is 9.38 Å². The molecule has 6 nitrogen and oxygen atoms in total. The van der Waals surface area contributed by atoms with Gasteiger partial charge < -0.3 is 0 Å². The fourth-order valence-electron chi connectivity index (χ4n) is 2.24. The second-order valence-corrected chi connectivity index (χ2v) is 7.40. The van der Waals surface area contributed by atoms with Crippen LogP contribution in [0.15, 0.2) is 39.3 Å². The molecule has 0 unspecified atom stereocenters. The molecule has 1 aromatic carbocycles. The van der Waals surface area contributed by atoms with Crippen LogP contribution >= 0.6 is 11.3 Å². The summed E-state index contributed by atoms with van der Waals surface area (Å²) in [5, 5.41) is 1.72. The van der Waals surface area contributed by atoms with Crippen LogP contribution in [0.5, 0.6) is 0 Å². The van der Waals surface area contributed by atoms with Gasteiger partial charge in [0.2, 0.25) is 0 Å². The van der Waals surface area contributed by atoms with Crippen molar-refractivity contribution in [2.24, 2.45) is 0 Å². The van der Waals surface area contributed by atoms with E-state index in [-0.39, 0.29) is 11.4 Å². The summed E-state index contributed by atoms with van der Waals surface area (Å²) in [7, 11) is -4.19. The van der Waals surface area contributed by atoms with Crippen LogP contribution in [0.2, 0.25) is 0 Å². The summed E-state index contributed by atoms with van der Waals surface area (Å²) in [5.74, 6) is -0.582. The van der Waals surface area contributed by atoms with Gasteiger partial charge in [-0.2, -0.15) is 0 Å². The van der Waals surface area contributed by atoms with Crippen molar-refractivity contribution in [3.8, 4) is 0 Å². The summed E-state index contributed by atoms with van der Waals surface area (Å²) in [6.07, 6.45) is 0. The predicted molar refractivity (Wildman–Crippen MR) is 86.0 cm³/mol. The van der Waals surface area contributed by atoms with E-state index < -0.39 is 26.3 Å². The predicted octanol–water partition coefficient (Wildman–Crippen LogP) is 2.31. The quantitative estimate of drug-likeness (QED) is 0.783. The number of anilines is 1. The van der Waals surface area contributed by atoms with Gasteiger partial charge in [-0.05, 0) is 32.0 Å². The summed E-state index contributed by atoms with van der Waals surface area (Å²) in [5.41, 5.74) is 0.0662. The molecule has 0 atom stereocenters. The Labute approximate surface area is 135 Å².